The van der Waals surface area contributed by atoms with Gasteiger partial charge in [-0.15, -0.1) is 0 Å². The Kier molecular flexibility index (Phi) is 1.04. The highest BCUT2D eigenvalue weighted by molar-refractivity contribution is 5.47. The first-order valence-electron chi connectivity index (χ1n) is 3.31. The molecule has 1 aliphatic carbocycles. The minimum atomic E-state index is 0.832. The minimum Gasteiger partial charge on any atom is -0.461 e. The number of hydrogen-bond acceptors (Lipinski definition) is 1. The zero-order valence-corrected chi connectivity index (χ0v) is 5.63. The lowest BCUT2D eigenvalue weighted by atomic mass is 10.1. The Labute approximate surface area is 60.0 Å². The summed E-state index contributed by atoms with van der Waals surface area (Å²) in [4.78, 5) is 0. The van der Waals surface area contributed by atoms with Gasteiger partial charge in [-0.2, -0.15) is 0 Å². The summed E-state index contributed by atoms with van der Waals surface area (Å²) in [5.74, 6) is 1.77. The van der Waals surface area contributed by atoms with E-state index in [9.17, 15) is 0 Å². The number of ether oxygens (including phenoxy) is 1. The Balaban J connectivity index is 2.39. The van der Waals surface area contributed by atoms with Gasteiger partial charge in [0.1, 0.15) is 11.5 Å². The fourth-order valence-electron chi connectivity index (χ4n) is 1.10. The molecule has 0 atom stereocenters. The second-order valence-corrected chi connectivity index (χ2v) is 2.39. The molecule has 0 N–H and O–H groups in total. The SMILES string of the molecule is C=C1CC=C2C=CC=C2O1. The molecule has 0 amide bonds. The van der Waals surface area contributed by atoms with E-state index in [4.69, 9.17) is 4.74 Å². The number of hydrogen-bond donors (Lipinski definition) is 0. The molecule has 1 nitrogen and oxygen atoms in total. The average Bonchev–Trinajstić information content (AvgIpc) is 2.33. The molecule has 50 valence electrons. The molecule has 2 aliphatic rings. The summed E-state index contributed by atoms with van der Waals surface area (Å²) < 4.78 is 5.35. The van der Waals surface area contributed by atoms with Crippen molar-refractivity contribution >= 4 is 0 Å². The van der Waals surface area contributed by atoms with E-state index in [1.807, 2.05) is 18.2 Å². The third-order valence-corrected chi connectivity index (χ3v) is 1.61. The van der Waals surface area contributed by atoms with Crippen LogP contribution in [0.5, 0.6) is 0 Å². The quantitative estimate of drug-likeness (QED) is 0.491. The molecule has 2 rings (SSSR count). The zero-order valence-electron chi connectivity index (χ0n) is 5.63. The normalized spacial score (nSPS) is 21.4. The predicted octanol–water partition coefficient (Wildman–Crippen LogP) is 2.30. The van der Waals surface area contributed by atoms with E-state index in [1.165, 1.54) is 5.57 Å². The minimum absolute atomic E-state index is 0.832. The fourth-order valence-corrected chi connectivity index (χ4v) is 1.10. The smallest absolute Gasteiger partial charge is 0.133 e. The summed E-state index contributed by atoms with van der Waals surface area (Å²) >= 11 is 0. The molecule has 1 heteroatoms. The molecule has 0 aromatic rings. The van der Waals surface area contributed by atoms with Crippen molar-refractivity contribution in [3.05, 3.63) is 48.0 Å². The lowest BCUT2D eigenvalue weighted by Gasteiger charge is -2.14. The van der Waals surface area contributed by atoms with Crippen molar-refractivity contribution in [2.75, 3.05) is 0 Å². The van der Waals surface area contributed by atoms with Crippen LogP contribution in [0.1, 0.15) is 6.42 Å². The molecule has 0 bridgehead atoms. The van der Waals surface area contributed by atoms with Crippen molar-refractivity contribution in [2.45, 2.75) is 6.42 Å². The Hall–Kier alpha value is -1.24. The first kappa shape index (κ1) is 5.54. The van der Waals surface area contributed by atoms with E-state index in [-0.39, 0.29) is 0 Å². The van der Waals surface area contributed by atoms with Gasteiger partial charge >= 0.3 is 0 Å². The van der Waals surface area contributed by atoms with Crippen molar-refractivity contribution in [3.63, 3.8) is 0 Å². The Morgan fingerprint density at radius 2 is 2.40 bits per heavy atom. The van der Waals surface area contributed by atoms with Gasteiger partial charge in [-0.1, -0.05) is 24.8 Å². The van der Waals surface area contributed by atoms with Crippen molar-refractivity contribution in [3.8, 4) is 0 Å². The van der Waals surface area contributed by atoms with E-state index >= 15 is 0 Å². The summed E-state index contributed by atoms with van der Waals surface area (Å²) in [6.45, 7) is 3.74. The van der Waals surface area contributed by atoms with Crippen LogP contribution in [0.4, 0.5) is 0 Å². The van der Waals surface area contributed by atoms with Gasteiger partial charge in [0.05, 0.1) is 0 Å². The topological polar surface area (TPSA) is 9.23 Å². The van der Waals surface area contributed by atoms with Gasteiger partial charge in [0.2, 0.25) is 0 Å². The summed E-state index contributed by atoms with van der Waals surface area (Å²) in [5, 5.41) is 0. The molecule has 0 spiro atoms. The molecule has 10 heavy (non-hydrogen) atoms. The van der Waals surface area contributed by atoms with Gasteiger partial charge in [-0.3, -0.25) is 0 Å². The molecule has 0 radical (unpaired) electrons. The standard InChI is InChI=1S/C9H8O/c1-7-5-6-8-3-2-4-9(8)10-7/h2-4,6H,1,5H2. The van der Waals surface area contributed by atoms with Crippen LogP contribution >= 0.6 is 0 Å². The van der Waals surface area contributed by atoms with Crippen LogP contribution in [0.25, 0.3) is 0 Å². The fraction of sp³-hybridized carbons (Fsp3) is 0.111. The second-order valence-electron chi connectivity index (χ2n) is 2.39. The van der Waals surface area contributed by atoms with Gasteiger partial charge in [0.15, 0.2) is 0 Å². The first-order valence-corrected chi connectivity index (χ1v) is 3.31. The lowest BCUT2D eigenvalue weighted by Crippen LogP contribution is -1.97. The van der Waals surface area contributed by atoms with Crippen molar-refractivity contribution in [2.24, 2.45) is 0 Å². The summed E-state index contributed by atoms with van der Waals surface area (Å²) in [6.07, 6.45) is 8.95. The first-order chi connectivity index (χ1) is 4.86. The van der Waals surface area contributed by atoms with E-state index < -0.39 is 0 Å². The number of rotatable bonds is 0. The monoisotopic (exact) mass is 132 g/mol. The van der Waals surface area contributed by atoms with E-state index in [1.54, 1.807) is 0 Å². The molecular weight excluding hydrogens is 124 g/mol. The highest BCUT2D eigenvalue weighted by atomic mass is 16.5. The van der Waals surface area contributed by atoms with Crippen LogP contribution in [0.2, 0.25) is 0 Å². The maximum absolute atomic E-state index is 5.35. The summed E-state index contributed by atoms with van der Waals surface area (Å²) in [6, 6.07) is 0. The van der Waals surface area contributed by atoms with Crippen LogP contribution in [0.15, 0.2) is 48.0 Å². The van der Waals surface area contributed by atoms with Gasteiger partial charge in [0, 0.05) is 12.0 Å². The van der Waals surface area contributed by atoms with Gasteiger partial charge in [0.25, 0.3) is 0 Å². The van der Waals surface area contributed by atoms with Crippen LogP contribution in [0.3, 0.4) is 0 Å². The zero-order chi connectivity index (χ0) is 6.97. The summed E-state index contributed by atoms with van der Waals surface area (Å²) in [5.41, 5.74) is 1.19. The maximum Gasteiger partial charge on any atom is 0.133 e. The maximum atomic E-state index is 5.35. The molecule has 0 saturated carbocycles. The molecule has 1 heterocycles. The lowest BCUT2D eigenvalue weighted by molar-refractivity contribution is 0.303. The largest absolute Gasteiger partial charge is 0.461 e. The Morgan fingerprint density at radius 3 is 3.30 bits per heavy atom. The van der Waals surface area contributed by atoms with Gasteiger partial charge in [-0.05, 0) is 6.08 Å². The third kappa shape index (κ3) is 0.711. The average molecular weight is 132 g/mol. The molecule has 0 aromatic heterocycles. The van der Waals surface area contributed by atoms with Crippen molar-refractivity contribution < 1.29 is 4.74 Å². The van der Waals surface area contributed by atoms with Crippen LogP contribution < -0.4 is 0 Å². The van der Waals surface area contributed by atoms with E-state index in [2.05, 4.69) is 12.7 Å². The highest BCUT2D eigenvalue weighted by Crippen LogP contribution is 2.28. The molecule has 1 aliphatic heterocycles. The molecule has 0 saturated heterocycles. The predicted molar refractivity (Wildman–Crippen MR) is 40.1 cm³/mol. The second kappa shape index (κ2) is 1.87. The van der Waals surface area contributed by atoms with Gasteiger partial charge < -0.3 is 4.74 Å². The molecule has 0 unspecified atom stereocenters. The molecule has 0 aromatic carbocycles. The molecular formula is C9H8O. The van der Waals surface area contributed by atoms with Crippen LogP contribution in [-0.2, 0) is 4.74 Å². The highest BCUT2D eigenvalue weighted by Gasteiger charge is 2.13. The van der Waals surface area contributed by atoms with Crippen molar-refractivity contribution in [1.82, 2.24) is 0 Å². The number of allylic oxidation sites excluding steroid dienone is 4. The molecule has 0 fully saturated rings. The summed E-state index contributed by atoms with van der Waals surface area (Å²) in [7, 11) is 0. The number of fused-ring (bicyclic) bond motifs is 1. The van der Waals surface area contributed by atoms with Crippen LogP contribution in [-0.4, -0.2) is 0 Å². The van der Waals surface area contributed by atoms with E-state index in [0.29, 0.717) is 0 Å². The third-order valence-electron chi connectivity index (χ3n) is 1.61. The van der Waals surface area contributed by atoms with Crippen LogP contribution in [0, 0.1) is 0 Å². The van der Waals surface area contributed by atoms with E-state index in [0.717, 1.165) is 17.9 Å². The Morgan fingerprint density at radius 1 is 1.50 bits per heavy atom. The Bertz CT molecular complexity index is 266. The van der Waals surface area contributed by atoms with Gasteiger partial charge in [-0.25, -0.2) is 0 Å². The van der Waals surface area contributed by atoms with Crippen molar-refractivity contribution in [1.29, 1.82) is 0 Å².